The first-order valence-corrected chi connectivity index (χ1v) is 3.72. The van der Waals surface area contributed by atoms with Crippen molar-refractivity contribution in [3.8, 4) is 0 Å². The molecular formula is C7H12O3. The predicted molar refractivity (Wildman–Crippen MR) is 34.7 cm³/mol. The lowest BCUT2D eigenvalue weighted by Gasteiger charge is -2.25. The van der Waals surface area contributed by atoms with E-state index in [1.807, 2.05) is 6.92 Å². The molecule has 2 unspecified atom stereocenters. The van der Waals surface area contributed by atoms with Crippen LogP contribution in [0.4, 0.5) is 0 Å². The summed E-state index contributed by atoms with van der Waals surface area (Å²) in [5, 5.41) is 9.53. The minimum absolute atomic E-state index is 0.0556. The van der Waals surface area contributed by atoms with Crippen LogP contribution >= 0.6 is 0 Å². The maximum Gasteiger partial charge on any atom is 0.120 e. The fraction of sp³-hybridized carbons (Fsp3) is 1.00. The van der Waals surface area contributed by atoms with Crippen molar-refractivity contribution in [3.63, 3.8) is 0 Å². The smallest absolute Gasteiger partial charge is 0.120 e. The van der Waals surface area contributed by atoms with E-state index in [2.05, 4.69) is 0 Å². The van der Waals surface area contributed by atoms with Gasteiger partial charge in [0.25, 0.3) is 0 Å². The normalized spacial score (nSPS) is 52.2. The standard InChI is InChI=1S/C7H12O3/c1-2-7-4-9-5(3-10-7)6(7)8/h5-6,8H,2-4H2,1H3/t5?,6?,7-/m0/s1. The maximum absolute atomic E-state index is 9.53. The van der Waals surface area contributed by atoms with Crippen LogP contribution in [0, 0.1) is 0 Å². The molecule has 0 spiro atoms. The number of hydrogen-bond donors (Lipinski definition) is 1. The SMILES string of the molecule is CC[C@@]12COC(CO1)C2O. The Bertz CT molecular complexity index is 138. The zero-order valence-corrected chi connectivity index (χ0v) is 6.04. The van der Waals surface area contributed by atoms with Gasteiger partial charge in [-0.05, 0) is 6.42 Å². The Balaban J connectivity index is 2.22. The van der Waals surface area contributed by atoms with E-state index in [9.17, 15) is 5.11 Å². The third-order valence-corrected chi connectivity index (χ3v) is 2.57. The molecule has 3 nitrogen and oxygen atoms in total. The van der Waals surface area contributed by atoms with Crippen molar-refractivity contribution in [2.24, 2.45) is 0 Å². The molecule has 2 aliphatic heterocycles. The average molecular weight is 144 g/mol. The largest absolute Gasteiger partial charge is 0.387 e. The van der Waals surface area contributed by atoms with Crippen molar-refractivity contribution in [2.45, 2.75) is 31.2 Å². The first-order chi connectivity index (χ1) is 4.78. The van der Waals surface area contributed by atoms with Gasteiger partial charge in [-0.2, -0.15) is 0 Å². The minimum atomic E-state index is -0.391. The average Bonchev–Trinajstić information content (AvgIpc) is 2.46. The minimum Gasteiger partial charge on any atom is -0.387 e. The van der Waals surface area contributed by atoms with E-state index in [0.29, 0.717) is 13.2 Å². The molecule has 2 rings (SSSR count). The molecule has 2 fully saturated rings. The zero-order valence-electron chi connectivity index (χ0n) is 6.04. The van der Waals surface area contributed by atoms with Crippen LogP contribution in [0.25, 0.3) is 0 Å². The van der Waals surface area contributed by atoms with Gasteiger partial charge >= 0.3 is 0 Å². The van der Waals surface area contributed by atoms with Crippen molar-refractivity contribution >= 4 is 0 Å². The first kappa shape index (κ1) is 6.58. The van der Waals surface area contributed by atoms with Crippen molar-refractivity contribution in [1.29, 1.82) is 0 Å². The highest BCUT2D eigenvalue weighted by Gasteiger charge is 2.54. The second-order valence-electron chi connectivity index (χ2n) is 3.02. The molecule has 1 N–H and O–H groups in total. The van der Waals surface area contributed by atoms with Crippen LogP contribution in [-0.2, 0) is 9.47 Å². The van der Waals surface area contributed by atoms with Gasteiger partial charge in [-0.3, -0.25) is 0 Å². The molecule has 0 amide bonds. The highest BCUT2D eigenvalue weighted by atomic mass is 16.6. The van der Waals surface area contributed by atoms with Gasteiger partial charge in [-0.25, -0.2) is 0 Å². The highest BCUT2D eigenvalue weighted by molar-refractivity contribution is 5.02. The maximum atomic E-state index is 9.53. The van der Waals surface area contributed by atoms with Crippen LogP contribution in [0.3, 0.4) is 0 Å². The molecular weight excluding hydrogens is 132 g/mol. The van der Waals surface area contributed by atoms with Gasteiger partial charge in [0.15, 0.2) is 0 Å². The van der Waals surface area contributed by atoms with Crippen LogP contribution < -0.4 is 0 Å². The number of fused-ring (bicyclic) bond motifs is 2. The number of hydrogen-bond acceptors (Lipinski definition) is 3. The molecule has 0 aromatic carbocycles. The number of ether oxygens (including phenoxy) is 2. The van der Waals surface area contributed by atoms with Gasteiger partial charge in [0.2, 0.25) is 0 Å². The van der Waals surface area contributed by atoms with E-state index in [0.717, 1.165) is 6.42 Å². The molecule has 0 aliphatic carbocycles. The molecule has 2 bridgehead atoms. The highest BCUT2D eigenvalue weighted by Crippen LogP contribution is 2.37. The monoisotopic (exact) mass is 144 g/mol. The molecule has 0 aromatic rings. The molecule has 2 aliphatic rings. The molecule has 3 heteroatoms. The van der Waals surface area contributed by atoms with Gasteiger partial charge < -0.3 is 14.6 Å². The zero-order chi connectivity index (χ0) is 7.19. The molecule has 10 heavy (non-hydrogen) atoms. The third-order valence-electron chi connectivity index (χ3n) is 2.57. The van der Waals surface area contributed by atoms with Crippen LogP contribution in [0.2, 0.25) is 0 Å². The lowest BCUT2D eigenvalue weighted by molar-refractivity contribution is -0.102. The summed E-state index contributed by atoms with van der Waals surface area (Å²) in [4.78, 5) is 0. The Morgan fingerprint density at radius 3 is 2.70 bits per heavy atom. The summed E-state index contributed by atoms with van der Waals surface area (Å²) in [6.07, 6.45) is 0.391. The van der Waals surface area contributed by atoms with Crippen LogP contribution in [0.15, 0.2) is 0 Å². The van der Waals surface area contributed by atoms with Gasteiger partial charge in [-0.15, -0.1) is 0 Å². The summed E-state index contributed by atoms with van der Waals surface area (Å²) in [6, 6.07) is 0. The van der Waals surface area contributed by atoms with Crippen molar-refractivity contribution in [1.82, 2.24) is 0 Å². The van der Waals surface area contributed by atoms with Gasteiger partial charge in [0.05, 0.1) is 13.2 Å². The van der Waals surface area contributed by atoms with E-state index >= 15 is 0 Å². The van der Waals surface area contributed by atoms with E-state index in [4.69, 9.17) is 9.47 Å². The molecule has 2 heterocycles. The Morgan fingerprint density at radius 1 is 1.70 bits per heavy atom. The van der Waals surface area contributed by atoms with Crippen molar-refractivity contribution in [3.05, 3.63) is 0 Å². The summed E-state index contributed by atoms with van der Waals surface area (Å²) in [5.74, 6) is 0. The second-order valence-corrected chi connectivity index (χ2v) is 3.02. The summed E-state index contributed by atoms with van der Waals surface area (Å²) in [5.41, 5.74) is -0.356. The lowest BCUT2D eigenvalue weighted by Crippen LogP contribution is -2.39. The van der Waals surface area contributed by atoms with Crippen LogP contribution in [0.1, 0.15) is 13.3 Å². The Kier molecular flexibility index (Phi) is 1.27. The molecule has 2 saturated heterocycles. The van der Waals surface area contributed by atoms with Crippen LogP contribution in [-0.4, -0.2) is 36.1 Å². The quantitative estimate of drug-likeness (QED) is 0.559. The van der Waals surface area contributed by atoms with E-state index in [1.165, 1.54) is 0 Å². The summed E-state index contributed by atoms with van der Waals surface area (Å²) >= 11 is 0. The predicted octanol–water partition coefficient (Wildman–Crippen LogP) is -0.0749. The van der Waals surface area contributed by atoms with Gasteiger partial charge in [0.1, 0.15) is 17.8 Å². The lowest BCUT2D eigenvalue weighted by atomic mass is 9.97. The van der Waals surface area contributed by atoms with E-state index in [1.54, 1.807) is 0 Å². The number of aliphatic hydroxyl groups excluding tert-OH is 1. The van der Waals surface area contributed by atoms with Crippen molar-refractivity contribution in [2.75, 3.05) is 13.2 Å². The topological polar surface area (TPSA) is 38.7 Å². The van der Waals surface area contributed by atoms with Gasteiger partial charge in [-0.1, -0.05) is 6.92 Å². The Morgan fingerprint density at radius 2 is 2.50 bits per heavy atom. The first-order valence-electron chi connectivity index (χ1n) is 3.72. The molecule has 3 atom stereocenters. The fourth-order valence-corrected chi connectivity index (χ4v) is 1.69. The third kappa shape index (κ3) is 0.603. The molecule has 0 saturated carbocycles. The number of aliphatic hydroxyl groups is 1. The molecule has 0 aromatic heterocycles. The van der Waals surface area contributed by atoms with Crippen LogP contribution in [0.5, 0.6) is 0 Å². The summed E-state index contributed by atoms with van der Waals surface area (Å²) in [6.45, 7) is 3.14. The van der Waals surface area contributed by atoms with E-state index < -0.39 is 6.10 Å². The Hall–Kier alpha value is -0.120. The molecule has 0 radical (unpaired) electrons. The van der Waals surface area contributed by atoms with Crippen molar-refractivity contribution < 1.29 is 14.6 Å². The van der Waals surface area contributed by atoms with E-state index in [-0.39, 0.29) is 11.7 Å². The summed E-state index contributed by atoms with van der Waals surface area (Å²) in [7, 11) is 0. The molecule has 58 valence electrons. The fourth-order valence-electron chi connectivity index (χ4n) is 1.69. The Labute approximate surface area is 59.9 Å². The van der Waals surface area contributed by atoms with Gasteiger partial charge in [0, 0.05) is 0 Å². The number of rotatable bonds is 1. The summed E-state index contributed by atoms with van der Waals surface area (Å²) < 4.78 is 10.7. The second kappa shape index (κ2) is 1.94.